The first-order valence-electron chi connectivity index (χ1n) is 7.48. The minimum atomic E-state index is -3.77. The number of ether oxygens (including phenoxy) is 2. The van der Waals surface area contributed by atoms with Gasteiger partial charge in [0, 0.05) is 5.39 Å². The molecule has 0 aliphatic heterocycles. The Morgan fingerprint density at radius 3 is 2.36 bits per heavy atom. The molecule has 0 radical (unpaired) electrons. The van der Waals surface area contributed by atoms with Gasteiger partial charge in [0.1, 0.15) is 11.5 Å². The quantitative estimate of drug-likeness (QED) is 0.683. The lowest BCUT2D eigenvalue weighted by atomic mass is 10.1. The second kappa shape index (κ2) is 6.52. The predicted octanol–water partition coefficient (Wildman–Crippen LogP) is 3.24. The number of benzene rings is 3. The molecule has 0 amide bonds. The number of sulfonamides is 1. The SMILES string of the molecule is COc1ccccc1NS(=O)(=O)c1ccc2c(N)c(OC)ccc2c1. The summed E-state index contributed by atoms with van der Waals surface area (Å²) in [5.74, 6) is 0.996. The Hall–Kier alpha value is -2.93. The zero-order valence-electron chi connectivity index (χ0n) is 13.8. The molecule has 0 aliphatic rings. The molecule has 0 atom stereocenters. The molecule has 25 heavy (non-hydrogen) atoms. The summed E-state index contributed by atoms with van der Waals surface area (Å²) in [4.78, 5) is 0.135. The summed E-state index contributed by atoms with van der Waals surface area (Å²) >= 11 is 0. The highest BCUT2D eigenvalue weighted by Crippen LogP contribution is 2.32. The number of hydrogen-bond acceptors (Lipinski definition) is 5. The van der Waals surface area contributed by atoms with Gasteiger partial charge in [-0.15, -0.1) is 0 Å². The molecule has 6 nitrogen and oxygen atoms in total. The lowest BCUT2D eigenvalue weighted by molar-refractivity contribution is 0.417. The molecule has 3 aromatic rings. The minimum Gasteiger partial charge on any atom is -0.495 e. The molecule has 7 heteroatoms. The van der Waals surface area contributed by atoms with Crippen molar-refractivity contribution in [3.8, 4) is 11.5 Å². The molecule has 3 aromatic carbocycles. The Bertz CT molecular complexity index is 1030. The van der Waals surface area contributed by atoms with Crippen molar-refractivity contribution in [2.24, 2.45) is 0 Å². The Kier molecular flexibility index (Phi) is 4.41. The van der Waals surface area contributed by atoms with Crippen LogP contribution in [0, 0.1) is 0 Å². The van der Waals surface area contributed by atoms with Crippen LogP contribution in [0.5, 0.6) is 11.5 Å². The summed E-state index contributed by atoms with van der Waals surface area (Å²) in [7, 11) is -0.747. The van der Waals surface area contributed by atoms with Crippen molar-refractivity contribution in [2.75, 3.05) is 24.7 Å². The van der Waals surface area contributed by atoms with E-state index in [9.17, 15) is 8.42 Å². The van der Waals surface area contributed by atoms with Crippen LogP contribution in [0.15, 0.2) is 59.5 Å². The average molecular weight is 358 g/mol. The van der Waals surface area contributed by atoms with Crippen LogP contribution in [0.2, 0.25) is 0 Å². The molecule has 0 saturated carbocycles. The van der Waals surface area contributed by atoms with E-state index in [1.807, 2.05) is 0 Å². The molecule has 0 aromatic heterocycles. The molecule has 3 rings (SSSR count). The third-order valence-corrected chi connectivity index (χ3v) is 5.24. The van der Waals surface area contributed by atoms with Crippen LogP contribution in [-0.4, -0.2) is 22.6 Å². The number of hydrogen-bond donors (Lipinski definition) is 2. The van der Waals surface area contributed by atoms with Gasteiger partial charge in [0.15, 0.2) is 0 Å². The van der Waals surface area contributed by atoms with Crippen molar-refractivity contribution in [2.45, 2.75) is 4.90 Å². The maximum absolute atomic E-state index is 12.7. The second-order valence-corrected chi connectivity index (χ2v) is 7.05. The normalized spacial score (nSPS) is 11.3. The largest absolute Gasteiger partial charge is 0.495 e. The zero-order valence-corrected chi connectivity index (χ0v) is 14.6. The number of methoxy groups -OCH3 is 2. The van der Waals surface area contributed by atoms with Crippen LogP contribution < -0.4 is 19.9 Å². The molecule has 0 aliphatic carbocycles. The Labute approximate surface area is 146 Å². The summed E-state index contributed by atoms with van der Waals surface area (Å²) in [6.07, 6.45) is 0. The van der Waals surface area contributed by atoms with Crippen molar-refractivity contribution >= 4 is 32.2 Å². The van der Waals surface area contributed by atoms with Crippen LogP contribution in [0.1, 0.15) is 0 Å². The van der Waals surface area contributed by atoms with E-state index in [0.29, 0.717) is 28.3 Å². The number of anilines is 2. The van der Waals surface area contributed by atoms with Crippen LogP contribution >= 0.6 is 0 Å². The summed E-state index contributed by atoms with van der Waals surface area (Å²) in [6.45, 7) is 0. The third kappa shape index (κ3) is 3.18. The minimum absolute atomic E-state index is 0.135. The number of nitrogens with two attached hydrogens (primary N) is 1. The van der Waals surface area contributed by atoms with Crippen molar-refractivity contribution in [1.82, 2.24) is 0 Å². The fourth-order valence-electron chi connectivity index (χ4n) is 2.59. The summed E-state index contributed by atoms with van der Waals surface area (Å²) in [5.41, 5.74) is 6.89. The molecule has 0 bridgehead atoms. The van der Waals surface area contributed by atoms with Crippen molar-refractivity contribution in [1.29, 1.82) is 0 Å². The lowest BCUT2D eigenvalue weighted by Crippen LogP contribution is -2.13. The maximum atomic E-state index is 12.7. The first-order chi connectivity index (χ1) is 12.0. The second-order valence-electron chi connectivity index (χ2n) is 5.37. The van der Waals surface area contributed by atoms with Crippen LogP contribution in [0.25, 0.3) is 10.8 Å². The van der Waals surface area contributed by atoms with Crippen LogP contribution in [0.4, 0.5) is 11.4 Å². The number of nitrogens with one attached hydrogen (secondary N) is 1. The van der Waals surface area contributed by atoms with Gasteiger partial charge < -0.3 is 15.2 Å². The average Bonchev–Trinajstić information content (AvgIpc) is 2.62. The van der Waals surface area contributed by atoms with Gasteiger partial charge >= 0.3 is 0 Å². The molecular formula is C18H18N2O4S. The highest BCUT2D eigenvalue weighted by atomic mass is 32.2. The monoisotopic (exact) mass is 358 g/mol. The van der Waals surface area contributed by atoms with E-state index in [4.69, 9.17) is 15.2 Å². The van der Waals surface area contributed by atoms with Gasteiger partial charge in [0.2, 0.25) is 0 Å². The van der Waals surface area contributed by atoms with Gasteiger partial charge in [-0.1, -0.05) is 24.3 Å². The van der Waals surface area contributed by atoms with Gasteiger partial charge in [-0.2, -0.15) is 0 Å². The smallest absolute Gasteiger partial charge is 0.262 e. The highest BCUT2D eigenvalue weighted by Gasteiger charge is 2.17. The van der Waals surface area contributed by atoms with E-state index < -0.39 is 10.0 Å². The standard InChI is InChI=1S/C18H18N2O4S/c1-23-16-6-4-3-5-15(16)20-25(21,22)13-8-9-14-12(11-13)7-10-17(24-2)18(14)19/h3-11,20H,19H2,1-2H3. The lowest BCUT2D eigenvalue weighted by Gasteiger charge is -2.13. The summed E-state index contributed by atoms with van der Waals surface area (Å²) < 4.78 is 38.3. The number of nitrogen functional groups attached to an aromatic ring is 1. The number of para-hydroxylation sites is 2. The van der Waals surface area contributed by atoms with E-state index in [-0.39, 0.29) is 4.90 Å². The Morgan fingerprint density at radius 1 is 0.920 bits per heavy atom. The molecule has 0 spiro atoms. The van der Waals surface area contributed by atoms with E-state index in [0.717, 1.165) is 5.39 Å². The Morgan fingerprint density at radius 2 is 1.64 bits per heavy atom. The molecule has 0 heterocycles. The third-order valence-electron chi connectivity index (χ3n) is 3.87. The van der Waals surface area contributed by atoms with Crippen molar-refractivity contribution in [3.63, 3.8) is 0 Å². The molecule has 3 N–H and O–H groups in total. The maximum Gasteiger partial charge on any atom is 0.262 e. The van der Waals surface area contributed by atoms with Crippen LogP contribution in [-0.2, 0) is 10.0 Å². The topological polar surface area (TPSA) is 90.7 Å². The fraction of sp³-hybridized carbons (Fsp3) is 0.111. The Balaban J connectivity index is 2.03. The van der Waals surface area contributed by atoms with Gasteiger partial charge in [0.25, 0.3) is 10.0 Å². The van der Waals surface area contributed by atoms with Crippen molar-refractivity contribution < 1.29 is 17.9 Å². The molecule has 0 fully saturated rings. The van der Waals surface area contributed by atoms with E-state index in [1.54, 1.807) is 48.5 Å². The van der Waals surface area contributed by atoms with E-state index in [2.05, 4.69) is 4.72 Å². The first-order valence-corrected chi connectivity index (χ1v) is 8.96. The van der Waals surface area contributed by atoms with Gasteiger partial charge in [0.05, 0.1) is 30.5 Å². The predicted molar refractivity (Wildman–Crippen MR) is 98.7 cm³/mol. The summed E-state index contributed by atoms with van der Waals surface area (Å²) in [5, 5.41) is 1.44. The molecular weight excluding hydrogens is 340 g/mol. The van der Waals surface area contributed by atoms with Gasteiger partial charge in [-0.25, -0.2) is 8.42 Å². The number of rotatable bonds is 5. The highest BCUT2D eigenvalue weighted by molar-refractivity contribution is 7.92. The summed E-state index contributed by atoms with van der Waals surface area (Å²) in [6, 6.07) is 15.1. The van der Waals surface area contributed by atoms with Gasteiger partial charge in [-0.3, -0.25) is 4.72 Å². The van der Waals surface area contributed by atoms with Crippen molar-refractivity contribution in [3.05, 3.63) is 54.6 Å². The van der Waals surface area contributed by atoms with Crippen LogP contribution in [0.3, 0.4) is 0 Å². The van der Waals surface area contributed by atoms with E-state index >= 15 is 0 Å². The molecule has 0 unspecified atom stereocenters. The van der Waals surface area contributed by atoms with Gasteiger partial charge in [-0.05, 0) is 35.7 Å². The zero-order chi connectivity index (χ0) is 18.0. The number of fused-ring (bicyclic) bond motifs is 1. The molecule has 130 valence electrons. The molecule has 0 saturated heterocycles. The fourth-order valence-corrected chi connectivity index (χ4v) is 3.70. The van der Waals surface area contributed by atoms with E-state index in [1.165, 1.54) is 20.3 Å². The first kappa shape index (κ1) is 16.9.